The van der Waals surface area contributed by atoms with Gasteiger partial charge in [-0.05, 0) is 36.6 Å². The number of nitrogens with one attached hydrogen (secondary N) is 1. The number of nitrogens with zero attached hydrogens (tertiary/aromatic N) is 2. The summed E-state index contributed by atoms with van der Waals surface area (Å²) in [5.41, 5.74) is 1.76. The number of amides is 1. The molecule has 0 radical (unpaired) electrons. The van der Waals surface area contributed by atoms with Crippen molar-refractivity contribution in [1.29, 1.82) is 0 Å². The zero-order chi connectivity index (χ0) is 14.5. The van der Waals surface area contributed by atoms with E-state index in [0.717, 1.165) is 5.56 Å². The van der Waals surface area contributed by atoms with Gasteiger partial charge in [-0.1, -0.05) is 19.9 Å². The molecule has 0 aromatic carbocycles. The van der Waals surface area contributed by atoms with Crippen molar-refractivity contribution in [3.05, 3.63) is 54.1 Å². The minimum Gasteiger partial charge on any atom is -0.348 e. The van der Waals surface area contributed by atoms with Gasteiger partial charge in [0.2, 0.25) is 0 Å². The van der Waals surface area contributed by atoms with E-state index in [2.05, 4.69) is 24.1 Å². The van der Waals surface area contributed by atoms with Crippen molar-refractivity contribution >= 4 is 5.91 Å². The van der Waals surface area contributed by atoms with Gasteiger partial charge in [0.15, 0.2) is 0 Å². The highest BCUT2D eigenvalue weighted by atomic mass is 16.2. The van der Waals surface area contributed by atoms with Crippen molar-refractivity contribution < 1.29 is 4.79 Å². The largest absolute Gasteiger partial charge is 0.348 e. The van der Waals surface area contributed by atoms with E-state index < -0.39 is 0 Å². The number of pyridine rings is 1. The van der Waals surface area contributed by atoms with Gasteiger partial charge in [0.25, 0.3) is 5.91 Å². The average molecular weight is 271 g/mol. The third kappa shape index (κ3) is 3.47. The molecule has 4 nitrogen and oxygen atoms in total. The van der Waals surface area contributed by atoms with E-state index >= 15 is 0 Å². The van der Waals surface area contributed by atoms with Gasteiger partial charge < -0.3 is 9.88 Å². The molecule has 1 N–H and O–H groups in total. The summed E-state index contributed by atoms with van der Waals surface area (Å²) in [6, 6.07) is 7.80. The lowest BCUT2D eigenvalue weighted by atomic mass is 10.1. The zero-order valence-corrected chi connectivity index (χ0v) is 12.2. The molecule has 2 aromatic rings. The first-order valence-corrected chi connectivity index (χ1v) is 6.93. The summed E-state index contributed by atoms with van der Waals surface area (Å²) in [7, 11) is 0. The molecule has 0 aliphatic heterocycles. The van der Waals surface area contributed by atoms with Crippen LogP contribution < -0.4 is 5.32 Å². The van der Waals surface area contributed by atoms with Gasteiger partial charge >= 0.3 is 0 Å². The molecular weight excluding hydrogens is 250 g/mol. The molecule has 1 amide bonds. The number of carbonyl (C=O) groups is 1. The highest BCUT2D eigenvalue weighted by Gasteiger charge is 2.15. The van der Waals surface area contributed by atoms with Crippen LogP contribution in [0.2, 0.25) is 0 Å². The number of hydrogen-bond donors (Lipinski definition) is 1. The quantitative estimate of drug-likeness (QED) is 0.909. The standard InChI is InChI=1S/C16H21N3O/c1-12(2)13(3)18-16(20)15-7-5-9-19(15)11-14-6-4-8-17-10-14/h4-10,12-13H,11H2,1-3H3,(H,18,20)/t13-/m0/s1. The molecule has 0 spiro atoms. The van der Waals surface area contributed by atoms with Crippen LogP contribution in [-0.2, 0) is 6.54 Å². The molecule has 4 heteroatoms. The van der Waals surface area contributed by atoms with Crippen LogP contribution in [0.25, 0.3) is 0 Å². The van der Waals surface area contributed by atoms with E-state index in [4.69, 9.17) is 0 Å². The molecule has 20 heavy (non-hydrogen) atoms. The molecule has 1 atom stereocenters. The minimum atomic E-state index is -0.0277. The van der Waals surface area contributed by atoms with Gasteiger partial charge in [-0.25, -0.2) is 0 Å². The Kier molecular flexibility index (Phi) is 4.56. The Morgan fingerprint density at radius 1 is 1.30 bits per heavy atom. The molecule has 2 rings (SSSR count). The van der Waals surface area contributed by atoms with E-state index in [1.165, 1.54) is 0 Å². The molecule has 0 saturated carbocycles. The molecule has 0 aliphatic carbocycles. The molecule has 0 saturated heterocycles. The highest BCUT2D eigenvalue weighted by molar-refractivity contribution is 5.92. The normalized spacial score (nSPS) is 12.4. The number of carbonyl (C=O) groups excluding carboxylic acids is 1. The molecule has 0 fully saturated rings. The summed E-state index contributed by atoms with van der Waals surface area (Å²) in [4.78, 5) is 16.4. The SMILES string of the molecule is CC(C)[C@H](C)NC(=O)c1cccn1Cc1cccnc1. The molecule has 106 valence electrons. The Morgan fingerprint density at radius 2 is 2.10 bits per heavy atom. The Hall–Kier alpha value is -2.10. The molecule has 0 unspecified atom stereocenters. The lowest BCUT2D eigenvalue weighted by Gasteiger charge is -2.18. The number of rotatable bonds is 5. The van der Waals surface area contributed by atoms with Crippen molar-refractivity contribution in [3.8, 4) is 0 Å². The summed E-state index contributed by atoms with van der Waals surface area (Å²) in [5, 5.41) is 3.03. The van der Waals surface area contributed by atoms with E-state index in [-0.39, 0.29) is 11.9 Å². The zero-order valence-electron chi connectivity index (χ0n) is 12.2. The van der Waals surface area contributed by atoms with Crippen LogP contribution in [-0.4, -0.2) is 21.5 Å². The first-order chi connectivity index (χ1) is 9.58. The second-order valence-electron chi connectivity index (χ2n) is 5.39. The van der Waals surface area contributed by atoms with E-state index in [1.54, 1.807) is 6.20 Å². The van der Waals surface area contributed by atoms with Gasteiger partial charge in [-0.2, -0.15) is 0 Å². The van der Waals surface area contributed by atoms with Crippen molar-refractivity contribution in [1.82, 2.24) is 14.9 Å². The van der Waals surface area contributed by atoms with Crippen LogP contribution >= 0.6 is 0 Å². The molecule has 2 aromatic heterocycles. The smallest absolute Gasteiger partial charge is 0.268 e. The highest BCUT2D eigenvalue weighted by Crippen LogP contribution is 2.08. The maximum atomic E-state index is 12.3. The summed E-state index contributed by atoms with van der Waals surface area (Å²) in [5.74, 6) is 0.390. The molecule has 0 bridgehead atoms. The monoisotopic (exact) mass is 271 g/mol. The minimum absolute atomic E-state index is 0.0277. The van der Waals surface area contributed by atoms with Crippen LogP contribution in [0.1, 0.15) is 36.8 Å². The van der Waals surface area contributed by atoms with Crippen LogP contribution in [0.3, 0.4) is 0 Å². The Balaban J connectivity index is 2.10. The summed E-state index contributed by atoms with van der Waals surface area (Å²) in [6.45, 7) is 6.87. The third-order valence-electron chi connectivity index (χ3n) is 3.50. The van der Waals surface area contributed by atoms with E-state index in [0.29, 0.717) is 18.2 Å². The van der Waals surface area contributed by atoms with Gasteiger partial charge in [-0.15, -0.1) is 0 Å². The fourth-order valence-electron chi connectivity index (χ4n) is 1.89. The van der Waals surface area contributed by atoms with Gasteiger partial charge in [0, 0.05) is 31.2 Å². The van der Waals surface area contributed by atoms with E-state index in [9.17, 15) is 4.79 Å². The van der Waals surface area contributed by atoms with Crippen molar-refractivity contribution in [3.63, 3.8) is 0 Å². The fraction of sp³-hybridized carbons (Fsp3) is 0.375. The van der Waals surface area contributed by atoms with Crippen molar-refractivity contribution in [2.75, 3.05) is 0 Å². The Morgan fingerprint density at radius 3 is 2.75 bits per heavy atom. The summed E-state index contributed by atoms with van der Waals surface area (Å²) in [6.07, 6.45) is 5.48. The van der Waals surface area contributed by atoms with Gasteiger partial charge in [-0.3, -0.25) is 9.78 Å². The number of aromatic nitrogens is 2. The Labute approximate surface area is 119 Å². The van der Waals surface area contributed by atoms with Crippen molar-refractivity contribution in [2.24, 2.45) is 5.92 Å². The topological polar surface area (TPSA) is 46.9 Å². The predicted octanol–water partition coefficient (Wildman–Crippen LogP) is 2.71. The van der Waals surface area contributed by atoms with Crippen LogP contribution in [0.15, 0.2) is 42.9 Å². The van der Waals surface area contributed by atoms with Gasteiger partial charge in [0.05, 0.1) is 0 Å². The summed E-state index contributed by atoms with van der Waals surface area (Å²) < 4.78 is 1.94. The molecule has 2 heterocycles. The van der Waals surface area contributed by atoms with Crippen LogP contribution in [0, 0.1) is 5.92 Å². The van der Waals surface area contributed by atoms with Crippen LogP contribution in [0.5, 0.6) is 0 Å². The lowest BCUT2D eigenvalue weighted by Crippen LogP contribution is -2.37. The second kappa shape index (κ2) is 6.37. The Bertz CT molecular complexity index is 560. The lowest BCUT2D eigenvalue weighted by molar-refractivity contribution is 0.0921. The van der Waals surface area contributed by atoms with E-state index in [1.807, 2.05) is 48.1 Å². The first-order valence-electron chi connectivity index (χ1n) is 6.93. The average Bonchev–Trinajstić information content (AvgIpc) is 2.88. The fourth-order valence-corrected chi connectivity index (χ4v) is 1.89. The third-order valence-corrected chi connectivity index (χ3v) is 3.50. The number of hydrogen-bond acceptors (Lipinski definition) is 2. The molecule has 0 aliphatic rings. The summed E-state index contributed by atoms with van der Waals surface area (Å²) >= 11 is 0. The predicted molar refractivity (Wildman–Crippen MR) is 79.5 cm³/mol. The maximum Gasteiger partial charge on any atom is 0.268 e. The van der Waals surface area contributed by atoms with Crippen LogP contribution in [0.4, 0.5) is 0 Å². The van der Waals surface area contributed by atoms with Gasteiger partial charge in [0.1, 0.15) is 5.69 Å². The second-order valence-corrected chi connectivity index (χ2v) is 5.39. The maximum absolute atomic E-state index is 12.3. The first kappa shape index (κ1) is 14.3. The molecular formula is C16H21N3O. The van der Waals surface area contributed by atoms with Crippen molar-refractivity contribution in [2.45, 2.75) is 33.4 Å².